The molecule has 0 unspecified atom stereocenters. The van der Waals surface area contributed by atoms with Crippen LogP contribution < -0.4 is 10.6 Å². The van der Waals surface area contributed by atoms with E-state index in [4.69, 9.17) is 17.0 Å². The highest BCUT2D eigenvalue weighted by molar-refractivity contribution is 6.46. The Balaban J connectivity index is 1.93. The fourth-order valence-corrected chi connectivity index (χ4v) is 2.97. The van der Waals surface area contributed by atoms with Crippen molar-refractivity contribution < 1.29 is 13.2 Å². The summed E-state index contributed by atoms with van der Waals surface area (Å²) in [6.45, 7) is 3.01. The average molecular weight is 450 g/mol. The third kappa shape index (κ3) is 5.60. The lowest BCUT2D eigenvalue weighted by atomic mass is 10.1. The van der Waals surface area contributed by atoms with Crippen LogP contribution in [-0.4, -0.2) is 38.4 Å². The molecule has 0 fully saturated rings. The van der Waals surface area contributed by atoms with Crippen LogP contribution >= 0.6 is 11.6 Å². The Morgan fingerprint density at radius 3 is 2.48 bits per heavy atom. The second-order valence-electron chi connectivity index (χ2n) is 6.57. The number of halogens is 4. The first-order chi connectivity index (χ1) is 14.7. The Morgan fingerprint density at radius 1 is 1.16 bits per heavy atom. The van der Waals surface area contributed by atoms with E-state index in [1.54, 1.807) is 10.7 Å². The van der Waals surface area contributed by atoms with Gasteiger partial charge in [0.2, 0.25) is 0 Å². The molecule has 0 saturated carbocycles. The van der Waals surface area contributed by atoms with Crippen LogP contribution in [0.25, 0.3) is 5.82 Å². The predicted molar refractivity (Wildman–Crippen MR) is 112 cm³/mol. The number of hydrogen-bond acceptors (Lipinski definition) is 6. The van der Waals surface area contributed by atoms with Gasteiger partial charge in [-0.15, -0.1) is 0 Å². The summed E-state index contributed by atoms with van der Waals surface area (Å²) in [7, 11) is 0. The van der Waals surface area contributed by atoms with Crippen molar-refractivity contribution in [3.05, 3.63) is 76.3 Å². The Kier molecular flexibility index (Phi) is 6.91. The van der Waals surface area contributed by atoms with Crippen LogP contribution in [0.1, 0.15) is 17.0 Å². The number of hydrogen-bond donors (Lipinski definition) is 3. The summed E-state index contributed by atoms with van der Waals surface area (Å²) >= 11 is 6.32. The quantitative estimate of drug-likeness (QED) is 0.449. The topological polar surface area (TPSA) is 91.5 Å². The molecule has 3 rings (SSSR count). The maximum atomic E-state index is 13.2. The van der Waals surface area contributed by atoms with Gasteiger partial charge < -0.3 is 10.6 Å². The molecule has 3 N–H and O–H groups in total. The van der Waals surface area contributed by atoms with Gasteiger partial charge in [-0.25, -0.2) is 27.8 Å². The van der Waals surface area contributed by atoms with E-state index in [1.807, 2.05) is 19.9 Å². The number of anilines is 1. The van der Waals surface area contributed by atoms with Gasteiger partial charge >= 0.3 is 0 Å². The molecule has 7 nitrogen and oxygen atoms in total. The number of allylic oxidation sites excluding steroid dienone is 1. The van der Waals surface area contributed by atoms with Crippen molar-refractivity contribution in [3.8, 4) is 5.82 Å². The number of aromatic nitrogens is 4. The van der Waals surface area contributed by atoms with Crippen LogP contribution in [0.2, 0.25) is 0 Å². The molecule has 0 atom stereocenters. The zero-order valence-electron chi connectivity index (χ0n) is 16.6. The molecule has 0 aliphatic carbocycles. The molecule has 0 aliphatic heterocycles. The average Bonchev–Trinajstić information content (AvgIpc) is 3.08. The summed E-state index contributed by atoms with van der Waals surface area (Å²) < 4.78 is 40.4. The van der Waals surface area contributed by atoms with Crippen molar-refractivity contribution in [2.45, 2.75) is 20.3 Å². The van der Waals surface area contributed by atoms with Crippen molar-refractivity contribution >= 4 is 23.1 Å². The van der Waals surface area contributed by atoms with Crippen molar-refractivity contribution in [2.24, 2.45) is 0 Å². The van der Waals surface area contributed by atoms with Gasteiger partial charge in [-0.3, -0.25) is 5.41 Å². The molecule has 11 heteroatoms. The van der Waals surface area contributed by atoms with E-state index in [0.717, 1.165) is 11.4 Å². The van der Waals surface area contributed by atoms with Crippen LogP contribution in [0.5, 0.6) is 0 Å². The predicted octanol–water partition coefficient (Wildman–Crippen LogP) is 4.16. The molecule has 2 aromatic heterocycles. The second-order valence-corrected chi connectivity index (χ2v) is 6.95. The Hall–Kier alpha value is -3.40. The molecule has 31 heavy (non-hydrogen) atoms. The first-order valence-electron chi connectivity index (χ1n) is 9.14. The van der Waals surface area contributed by atoms with E-state index in [2.05, 4.69) is 25.7 Å². The summed E-state index contributed by atoms with van der Waals surface area (Å²) in [6.07, 6.45) is -1.37. The highest BCUT2D eigenvalue weighted by Crippen LogP contribution is 2.19. The Bertz CT molecular complexity index is 1110. The first-order valence-corrected chi connectivity index (χ1v) is 9.51. The lowest BCUT2D eigenvalue weighted by Gasteiger charge is -2.16. The lowest BCUT2D eigenvalue weighted by Crippen LogP contribution is -2.28. The molecule has 0 spiro atoms. The molecule has 1 aromatic carbocycles. The van der Waals surface area contributed by atoms with Crippen LogP contribution in [-0.2, 0) is 0 Å². The van der Waals surface area contributed by atoms with Crippen LogP contribution in [0.15, 0.2) is 53.6 Å². The third-order valence-electron chi connectivity index (χ3n) is 4.14. The molecule has 0 bridgehead atoms. The fourth-order valence-electron chi connectivity index (χ4n) is 2.74. The van der Waals surface area contributed by atoms with Gasteiger partial charge in [0.15, 0.2) is 5.82 Å². The molecular weight excluding hydrogens is 431 g/mol. The summed E-state index contributed by atoms with van der Waals surface area (Å²) in [5.41, 5.74) is 1.79. The maximum absolute atomic E-state index is 13.2. The standard InChI is InChI=1S/C20H19ClF3N7/c1-11-7-12(2)31(30-11)17-8-16(27-10-28-17)29-20(26-9-15(23)24)18(21)19(25)13-3-5-14(22)6-4-13/h3-8,10,15,25-26H,9H2,1-2H3,(H,27,28,29)/b20-18-,25-19?. The van der Waals surface area contributed by atoms with Gasteiger partial charge in [-0.2, -0.15) is 5.10 Å². The third-order valence-corrected chi connectivity index (χ3v) is 4.52. The molecule has 0 saturated heterocycles. The first kappa shape index (κ1) is 22.3. The zero-order valence-corrected chi connectivity index (χ0v) is 17.4. The molecular formula is C20H19ClF3N7. The zero-order chi connectivity index (χ0) is 22.5. The van der Waals surface area contributed by atoms with E-state index < -0.39 is 18.8 Å². The summed E-state index contributed by atoms with van der Waals surface area (Å²) in [4.78, 5) is 8.27. The van der Waals surface area contributed by atoms with Crippen LogP contribution in [0.4, 0.5) is 19.0 Å². The normalized spacial score (nSPS) is 12.0. The monoisotopic (exact) mass is 449 g/mol. The lowest BCUT2D eigenvalue weighted by molar-refractivity contribution is 0.149. The number of nitrogens with one attached hydrogen (secondary N) is 3. The van der Waals surface area contributed by atoms with Crippen molar-refractivity contribution in [1.82, 2.24) is 25.1 Å². The maximum Gasteiger partial charge on any atom is 0.255 e. The van der Waals surface area contributed by atoms with Gasteiger partial charge in [-0.05, 0) is 44.2 Å². The van der Waals surface area contributed by atoms with Crippen LogP contribution in [0.3, 0.4) is 0 Å². The highest BCUT2D eigenvalue weighted by Gasteiger charge is 2.16. The fraction of sp³-hybridized carbons (Fsp3) is 0.200. The number of alkyl halides is 2. The SMILES string of the molecule is Cc1cc(C)n(-c2cc(N/C(NCC(F)F)=C(\Cl)C(=N)c3ccc(F)cc3)ncn2)n1. The van der Waals surface area contributed by atoms with E-state index >= 15 is 0 Å². The summed E-state index contributed by atoms with van der Waals surface area (Å²) in [5, 5.41) is 17.8. The molecule has 0 radical (unpaired) electrons. The minimum Gasteiger partial charge on any atom is -0.365 e. The second kappa shape index (κ2) is 9.61. The largest absolute Gasteiger partial charge is 0.365 e. The summed E-state index contributed by atoms with van der Waals surface area (Å²) in [5.74, 6) is 0.193. The smallest absolute Gasteiger partial charge is 0.255 e. The number of nitrogens with zero attached hydrogens (tertiary/aromatic N) is 4. The van der Waals surface area contributed by atoms with Gasteiger partial charge in [-0.1, -0.05) is 11.6 Å². The van der Waals surface area contributed by atoms with Gasteiger partial charge in [0.1, 0.15) is 28.8 Å². The van der Waals surface area contributed by atoms with Crippen molar-refractivity contribution in [2.75, 3.05) is 11.9 Å². The van der Waals surface area contributed by atoms with Crippen molar-refractivity contribution in [1.29, 1.82) is 5.41 Å². The van der Waals surface area contributed by atoms with Crippen LogP contribution in [0, 0.1) is 25.1 Å². The van der Waals surface area contributed by atoms with Crippen molar-refractivity contribution in [3.63, 3.8) is 0 Å². The number of rotatable bonds is 8. The molecule has 3 aromatic rings. The molecule has 0 aliphatic rings. The minimum atomic E-state index is -2.66. The van der Waals surface area contributed by atoms with E-state index in [9.17, 15) is 13.2 Å². The van der Waals surface area contributed by atoms with Gasteiger partial charge in [0.25, 0.3) is 6.43 Å². The summed E-state index contributed by atoms with van der Waals surface area (Å²) in [6, 6.07) is 8.55. The molecule has 162 valence electrons. The Labute approximate surface area is 181 Å². The van der Waals surface area contributed by atoms with Gasteiger partial charge in [0, 0.05) is 17.3 Å². The van der Waals surface area contributed by atoms with Gasteiger partial charge in [0.05, 0.1) is 18.0 Å². The Morgan fingerprint density at radius 2 is 1.87 bits per heavy atom. The molecule has 0 amide bonds. The van der Waals surface area contributed by atoms with E-state index in [0.29, 0.717) is 11.4 Å². The van der Waals surface area contributed by atoms with E-state index in [-0.39, 0.29) is 22.4 Å². The highest BCUT2D eigenvalue weighted by atomic mass is 35.5. The molecule has 2 heterocycles. The number of benzene rings is 1. The van der Waals surface area contributed by atoms with E-state index in [1.165, 1.54) is 30.6 Å². The number of aryl methyl sites for hydroxylation is 2. The minimum absolute atomic E-state index is 0.0469.